The number of benzene rings is 1. The average molecular weight is 481 g/mol. The summed E-state index contributed by atoms with van der Waals surface area (Å²) in [4.78, 5) is 30.0. The smallest absolute Gasteiger partial charge is 0.268 e. The zero-order valence-electron chi connectivity index (χ0n) is 18.9. The summed E-state index contributed by atoms with van der Waals surface area (Å²) in [6, 6.07) is 13.8. The van der Waals surface area contributed by atoms with Gasteiger partial charge in [-0.15, -0.1) is 11.3 Å². The largest absolute Gasteiger partial charge is 0.485 e. The molecule has 2 amide bonds. The summed E-state index contributed by atoms with van der Waals surface area (Å²) in [5.41, 5.74) is 0. The van der Waals surface area contributed by atoms with Gasteiger partial charge in [0.15, 0.2) is 17.5 Å². The van der Waals surface area contributed by atoms with Gasteiger partial charge in [0.05, 0.1) is 12.8 Å². The van der Waals surface area contributed by atoms with E-state index in [9.17, 15) is 9.59 Å². The van der Waals surface area contributed by atoms with Gasteiger partial charge in [-0.1, -0.05) is 37.5 Å². The van der Waals surface area contributed by atoms with E-state index in [0.29, 0.717) is 17.3 Å². The Morgan fingerprint density at radius 1 is 1.03 bits per heavy atom. The monoisotopic (exact) mass is 480 g/mol. The minimum absolute atomic E-state index is 0.0753. The number of hydrogen-bond donors (Lipinski definition) is 1. The summed E-state index contributed by atoms with van der Waals surface area (Å²) in [5, 5.41) is 5.14. The topological polar surface area (TPSA) is 81.0 Å². The van der Waals surface area contributed by atoms with Gasteiger partial charge in [0, 0.05) is 10.9 Å². The van der Waals surface area contributed by atoms with Gasteiger partial charge < -0.3 is 24.1 Å². The van der Waals surface area contributed by atoms with Crippen LogP contribution in [-0.4, -0.2) is 35.5 Å². The Hall–Kier alpha value is -3.26. The molecule has 0 spiro atoms. The van der Waals surface area contributed by atoms with Crippen LogP contribution < -0.4 is 14.8 Å². The molecule has 3 aromatic rings. The Morgan fingerprint density at radius 3 is 2.59 bits per heavy atom. The summed E-state index contributed by atoms with van der Waals surface area (Å²) in [6.45, 7) is 0.341. The molecule has 5 rings (SSSR count). The minimum atomic E-state index is -0.910. The van der Waals surface area contributed by atoms with Crippen molar-refractivity contribution in [2.75, 3.05) is 6.61 Å². The number of fused-ring (bicyclic) bond motifs is 1. The zero-order valence-corrected chi connectivity index (χ0v) is 19.7. The van der Waals surface area contributed by atoms with E-state index in [1.54, 1.807) is 23.1 Å². The Kier molecular flexibility index (Phi) is 6.85. The number of amides is 2. The van der Waals surface area contributed by atoms with Crippen LogP contribution in [-0.2, 0) is 16.1 Å². The number of hydrogen-bond acceptors (Lipinski definition) is 6. The van der Waals surface area contributed by atoms with Crippen LogP contribution in [0.2, 0.25) is 0 Å². The van der Waals surface area contributed by atoms with Gasteiger partial charge in [0.1, 0.15) is 12.4 Å². The predicted molar refractivity (Wildman–Crippen MR) is 128 cm³/mol. The minimum Gasteiger partial charge on any atom is -0.485 e. The van der Waals surface area contributed by atoms with Gasteiger partial charge in [0.25, 0.3) is 11.8 Å². The van der Waals surface area contributed by atoms with Gasteiger partial charge in [-0.3, -0.25) is 9.59 Å². The lowest BCUT2D eigenvalue weighted by molar-refractivity contribution is -0.150. The van der Waals surface area contributed by atoms with E-state index in [4.69, 9.17) is 13.9 Å². The van der Waals surface area contributed by atoms with Crippen LogP contribution in [0.1, 0.15) is 48.8 Å². The molecule has 2 aromatic heterocycles. The van der Waals surface area contributed by atoms with Crippen LogP contribution in [0, 0.1) is 0 Å². The number of nitrogens with one attached hydrogen (secondary N) is 1. The first-order valence-electron chi connectivity index (χ1n) is 11.7. The average Bonchev–Trinajstić information content (AvgIpc) is 3.58. The van der Waals surface area contributed by atoms with Crippen molar-refractivity contribution in [3.8, 4) is 11.5 Å². The lowest BCUT2D eigenvalue weighted by Gasteiger charge is -2.35. The maximum absolute atomic E-state index is 13.9. The normalized spacial score (nSPS) is 18.8. The molecule has 178 valence electrons. The molecule has 8 heteroatoms. The Bertz CT molecular complexity index is 1090. The number of rotatable bonds is 7. The van der Waals surface area contributed by atoms with E-state index in [1.807, 2.05) is 35.7 Å². The highest BCUT2D eigenvalue weighted by Gasteiger charge is 2.40. The van der Waals surface area contributed by atoms with Crippen LogP contribution >= 0.6 is 11.3 Å². The number of para-hydroxylation sites is 2. The molecule has 1 N–H and O–H groups in total. The number of carbonyl (C=O) groups excluding carboxylic acids is 2. The molecule has 0 saturated heterocycles. The third kappa shape index (κ3) is 4.97. The Labute approximate surface area is 202 Å². The first-order valence-corrected chi connectivity index (χ1v) is 12.6. The van der Waals surface area contributed by atoms with Gasteiger partial charge in [-0.05, 0) is 48.6 Å². The molecule has 1 aliphatic heterocycles. The van der Waals surface area contributed by atoms with E-state index in [2.05, 4.69) is 5.32 Å². The van der Waals surface area contributed by atoms with Crippen molar-refractivity contribution in [1.82, 2.24) is 10.2 Å². The van der Waals surface area contributed by atoms with Crippen LogP contribution in [0.5, 0.6) is 11.5 Å². The van der Waals surface area contributed by atoms with Gasteiger partial charge in [-0.2, -0.15) is 0 Å². The molecular weight excluding hydrogens is 452 g/mol. The summed E-state index contributed by atoms with van der Waals surface area (Å²) in [5.74, 6) is 1.00. The standard InChI is InChI=1S/C26H28N2O5S/c29-25(27-18-8-2-1-3-9-18)24(22-13-6-14-31-22)28(16-19-10-7-15-34-19)26(30)23-17-32-20-11-4-5-12-21(20)33-23/h4-7,10-15,18,23-24H,1-3,8-9,16-17H2,(H,27,29)/t23-,24-/m0/s1. The maximum atomic E-state index is 13.9. The SMILES string of the molecule is O=C(NC1CCCCC1)[C@H](c1ccco1)N(Cc1cccs1)C(=O)[C@@H]1COc2ccccc2O1. The molecule has 7 nitrogen and oxygen atoms in total. The first kappa shape index (κ1) is 22.5. The predicted octanol–water partition coefficient (Wildman–Crippen LogP) is 4.70. The van der Waals surface area contributed by atoms with Crippen molar-refractivity contribution < 1.29 is 23.5 Å². The Balaban J connectivity index is 1.44. The molecule has 2 atom stereocenters. The zero-order chi connectivity index (χ0) is 23.3. The van der Waals surface area contributed by atoms with Crippen LogP contribution in [0.25, 0.3) is 0 Å². The van der Waals surface area contributed by atoms with Crippen molar-refractivity contribution in [3.63, 3.8) is 0 Å². The molecule has 0 bridgehead atoms. The number of ether oxygens (including phenoxy) is 2. The van der Waals surface area contributed by atoms with Crippen molar-refractivity contribution >= 4 is 23.2 Å². The fraction of sp³-hybridized carbons (Fsp3) is 0.385. The second kappa shape index (κ2) is 10.3. The van der Waals surface area contributed by atoms with E-state index in [-0.39, 0.29) is 31.0 Å². The summed E-state index contributed by atoms with van der Waals surface area (Å²) in [7, 11) is 0. The molecular formula is C26H28N2O5S. The first-order chi connectivity index (χ1) is 16.7. The third-order valence-corrected chi connectivity index (χ3v) is 7.16. The lowest BCUT2D eigenvalue weighted by atomic mass is 9.95. The van der Waals surface area contributed by atoms with Gasteiger partial charge in [0.2, 0.25) is 6.10 Å². The highest BCUT2D eigenvalue weighted by molar-refractivity contribution is 7.09. The number of thiophene rings is 1. The molecule has 1 fully saturated rings. The van der Waals surface area contributed by atoms with Crippen molar-refractivity contribution in [2.24, 2.45) is 0 Å². The molecule has 1 aromatic carbocycles. The van der Waals surface area contributed by atoms with E-state index >= 15 is 0 Å². The molecule has 0 unspecified atom stereocenters. The van der Waals surface area contributed by atoms with Crippen molar-refractivity contribution in [3.05, 3.63) is 70.8 Å². The fourth-order valence-electron chi connectivity index (χ4n) is 4.59. The van der Waals surface area contributed by atoms with Crippen LogP contribution in [0.3, 0.4) is 0 Å². The maximum Gasteiger partial charge on any atom is 0.268 e. The fourth-order valence-corrected chi connectivity index (χ4v) is 5.29. The summed E-state index contributed by atoms with van der Waals surface area (Å²) < 4.78 is 17.5. The molecule has 3 heterocycles. The second-order valence-corrected chi connectivity index (χ2v) is 9.70. The molecule has 2 aliphatic rings. The van der Waals surface area contributed by atoms with Crippen LogP contribution in [0.4, 0.5) is 0 Å². The highest BCUT2D eigenvalue weighted by Crippen LogP contribution is 2.33. The highest BCUT2D eigenvalue weighted by atomic mass is 32.1. The number of furan rings is 1. The van der Waals surface area contributed by atoms with Crippen molar-refractivity contribution in [2.45, 2.75) is 56.8 Å². The van der Waals surface area contributed by atoms with E-state index in [0.717, 1.165) is 30.6 Å². The van der Waals surface area contributed by atoms with Gasteiger partial charge in [-0.25, -0.2) is 0 Å². The molecule has 1 aliphatic carbocycles. The quantitative estimate of drug-likeness (QED) is 0.530. The van der Waals surface area contributed by atoms with E-state index < -0.39 is 12.1 Å². The van der Waals surface area contributed by atoms with Crippen molar-refractivity contribution in [1.29, 1.82) is 0 Å². The molecule has 1 saturated carbocycles. The second-order valence-electron chi connectivity index (χ2n) is 8.67. The van der Waals surface area contributed by atoms with E-state index in [1.165, 1.54) is 24.0 Å². The molecule has 0 radical (unpaired) electrons. The lowest BCUT2D eigenvalue weighted by Crippen LogP contribution is -2.51. The number of nitrogens with zero attached hydrogens (tertiary/aromatic N) is 1. The summed E-state index contributed by atoms with van der Waals surface area (Å²) >= 11 is 1.54. The Morgan fingerprint density at radius 2 is 1.85 bits per heavy atom. The summed E-state index contributed by atoms with van der Waals surface area (Å²) in [6.07, 6.45) is 5.95. The number of carbonyl (C=O) groups is 2. The third-order valence-electron chi connectivity index (χ3n) is 6.30. The van der Waals surface area contributed by atoms with Gasteiger partial charge >= 0.3 is 0 Å². The molecule has 34 heavy (non-hydrogen) atoms. The van der Waals surface area contributed by atoms with Crippen LogP contribution in [0.15, 0.2) is 64.6 Å².